The topological polar surface area (TPSA) is 105 Å². The number of carboxylic acid groups (broad SMARTS) is 1. The van der Waals surface area contributed by atoms with Crippen molar-refractivity contribution in [2.24, 2.45) is 10.7 Å². The molecule has 23 heavy (non-hydrogen) atoms. The third kappa shape index (κ3) is 2.96. The number of nitrogens with two attached hydrogens (primary N) is 1. The average molecular weight is 340 g/mol. The van der Waals surface area contributed by atoms with E-state index in [4.69, 9.17) is 17.3 Å². The summed E-state index contributed by atoms with van der Waals surface area (Å²) in [6, 6.07) is 0. The minimum atomic E-state index is -0.988. The van der Waals surface area contributed by atoms with Crippen molar-refractivity contribution in [2.45, 2.75) is 45.3 Å². The second-order valence-electron chi connectivity index (χ2n) is 5.58. The van der Waals surface area contributed by atoms with Crippen molar-refractivity contribution < 1.29 is 9.90 Å². The van der Waals surface area contributed by atoms with Crippen molar-refractivity contribution in [3.05, 3.63) is 22.7 Å². The van der Waals surface area contributed by atoms with E-state index in [2.05, 4.69) is 15.0 Å². The number of carboxylic acids is 1. The highest BCUT2D eigenvalue weighted by molar-refractivity contribution is 6.28. The molecule has 0 aromatic carbocycles. The molecule has 1 aliphatic heterocycles. The fourth-order valence-corrected chi connectivity index (χ4v) is 3.41. The van der Waals surface area contributed by atoms with Gasteiger partial charge in [-0.3, -0.25) is 9.89 Å². The number of hydrogen-bond acceptors (Lipinski definition) is 6. The molecule has 1 aliphatic rings. The molecular formula is C15H22ClN5O2. The van der Waals surface area contributed by atoms with Crippen LogP contribution in [0.5, 0.6) is 0 Å². The lowest BCUT2D eigenvalue weighted by Crippen LogP contribution is -2.55. The molecule has 1 atom stereocenters. The zero-order valence-corrected chi connectivity index (χ0v) is 14.3. The highest BCUT2D eigenvalue weighted by Gasteiger charge is 2.50. The molecule has 0 aliphatic carbocycles. The van der Waals surface area contributed by atoms with Crippen molar-refractivity contribution in [3.8, 4) is 0 Å². The van der Waals surface area contributed by atoms with Gasteiger partial charge >= 0.3 is 5.97 Å². The normalized spacial score (nSPS) is 20.6. The molecule has 8 heteroatoms. The number of carbonyl (C=O) groups is 1. The summed E-state index contributed by atoms with van der Waals surface area (Å²) in [6.45, 7) is 6.71. The molecule has 3 N–H and O–H groups in total. The van der Waals surface area contributed by atoms with Crippen molar-refractivity contribution in [2.75, 3.05) is 13.1 Å². The van der Waals surface area contributed by atoms with Gasteiger partial charge in [0.2, 0.25) is 11.4 Å². The first-order valence-electron chi connectivity index (χ1n) is 7.68. The minimum Gasteiger partial charge on any atom is -0.479 e. The van der Waals surface area contributed by atoms with Gasteiger partial charge in [-0.15, -0.1) is 0 Å². The zero-order valence-electron chi connectivity index (χ0n) is 13.6. The van der Waals surface area contributed by atoms with Crippen LogP contribution >= 0.6 is 11.6 Å². The molecule has 7 nitrogen and oxygen atoms in total. The van der Waals surface area contributed by atoms with Crippen molar-refractivity contribution in [1.29, 1.82) is 0 Å². The van der Waals surface area contributed by atoms with Crippen molar-refractivity contribution >= 4 is 23.3 Å². The summed E-state index contributed by atoms with van der Waals surface area (Å²) in [7, 11) is 0. The van der Waals surface area contributed by atoms with Gasteiger partial charge in [0.25, 0.3) is 0 Å². The lowest BCUT2D eigenvalue weighted by molar-refractivity contribution is -0.143. The van der Waals surface area contributed by atoms with Gasteiger partial charge in [-0.25, -0.2) is 14.8 Å². The smallest absolute Gasteiger partial charge is 0.343 e. The quantitative estimate of drug-likeness (QED) is 0.760. The van der Waals surface area contributed by atoms with Gasteiger partial charge < -0.3 is 10.8 Å². The SMILES string of the molecule is CCC1(CC)C(c2nc(Cl)ncc2C)=NC(C(=O)O)N1CCN. The number of aromatic nitrogens is 2. The molecule has 0 spiro atoms. The molecule has 1 aromatic rings. The van der Waals surface area contributed by atoms with Gasteiger partial charge in [0.15, 0.2) is 0 Å². The minimum absolute atomic E-state index is 0.124. The molecule has 0 saturated carbocycles. The average Bonchev–Trinajstić information content (AvgIpc) is 2.85. The van der Waals surface area contributed by atoms with E-state index in [0.717, 1.165) is 5.56 Å². The van der Waals surface area contributed by atoms with Crippen LogP contribution in [0, 0.1) is 6.92 Å². The lowest BCUT2D eigenvalue weighted by Gasteiger charge is -2.39. The Kier molecular flexibility index (Phi) is 5.33. The Labute approximate surface area is 140 Å². The summed E-state index contributed by atoms with van der Waals surface area (Å²) in [5.74, 6) is -0.988. The Balaban J connectivity index is 2.64. The Hall–Kier alpha value is -1.57. The van der Waals surface area contributed by atoms with Crippen LogP contribution in [0.4, 0.5) is 0 Å². The predicted molar refractivity (Wildman–Crippen MR) is 88.8 cm³/mol. The molecule has 0 bridgehead atoms. The van der Waals surface area contributed by atoms with Gasteiger partial charge in [-0.2, -0.15) is 0 Å². The summed E-state index contributed by atoms with van der Waals surface area (Å²) < 4.78 is 0. The maximum atomic E-state index is 11.7. The maximum Gasteiger partial charge on any atom is 0.343 e. The number of aryl methyl sites for hydroxylation is 1. The molecule has 0 radical (unpaired) electrons. The van der Waals surface area contributed by atoms with Gasteiger partial charge in [0.1, 0.15) is 0 Å². The highest BCUT2D eigenvalue weighted by atomic mass is 35.5. The molecular weight excluding hydrogens is 318 g/mol. The van der Waals surface area contributed by atoms with Gasteiger partial charge in [-0.05, 0) is 36.9 Å². The van der Waals surface area contributed by atoms with E-state index in [0.29, 0.717) is 37.3 Å². The van der Waals surface area contributed by atoms with Crippen molar-refractivity contribution in [3.63, 3.8) is 0 Å². The maximum absolute atomic E-state index is 11.7. The molecule has 0 amide bonds. The lowest BCUT2D eigenvalue weighted by atomic mass is 9.83. The first-order chi connectivity index (χ1) is 10.9. The van der Waals surface area contributed by atoms with E-state index in [9.17, 15) is 9.90 Å². The third-order valence-corrected chi connectivity index (χ3v) is 4.65. The molecule has 2 heterocycles. The summed E-state index contributed by atoms with van der Waals surface area (Å²) in [4.78, 5) is 26.3. The Morgan fingerprint density at radius 1 is 1.48 bits per heavy atom. The second kappa shape index (κ2) is 6.90. The largest absolute Gasteiger partial charge is 0.479 e. The van der Waals surface area contributed by atoms with E-state index in [1.165, 1.54) is 0 Å². The third-order valence-electron chi connectivity index (χ3n) is 4.46. The number of nitrogens with zero attached hydrogens (tertiary/aromatic N) is 4. The number of aliphatic carboxylic acids is 1. The summed E-state index contributed by atoms with van der Waals surface area (Å²) in [5.41, 5.74) is 7.27. The summed E-state index contributed by atoms with van der Waals surface area (Å²) >= 11 is 5.94. The van der Waals surface area contributed by atoms with E-state index in [-0.39, 0.29) is 5.28 Å². The molecule has 0 fully saturated rings. The van der Waals surface area contributed by atoms with Gasteiger partial charge in [-0.1, -0.05) is 13.8 Å². The van der Waals surface area contributed by atoms with E-state index >= 15 is 0 Å². The number of aliphatic imine (C=N–C) groups is 1. The Morgan fingerprint density at radius 2 is 2.13 bits per heavy atom. The standard InChI is InChI=1S/C15H22ClN5O2/c1-4-15(5-2)11(10-9(3)8-18-14(16)19-10)20-12(13(22)23)21(15)7-6-17/h8,12H,4-7,17H2,1-3H3,(H,22,23). The van der Waals surface area contributed by atoms with E-state index < -0.39 is 17.7 Å². The number of hydrogen-bond donors (Lipinski definition) is 2. The van der Waals surface area contributed by atoms with Crippen LogP contribution in [0.15, 0.2) is 11.2 Å². The first-order valence-corrected chi connectivity index (χ1v) is 8.06. The zero-order chi connectivity index (χ0) is 17.2. The van der Waals surface area contributed by atoms with Crippen molar-refractivity contribution in [1.82, 2.24) is 14.9 Å². The molecule has 2 rings (SSSR count). The Bertz CT molecular complexity index is 630. The van der Waals surface area contributed by atoms with Crippen LogP contribution in [0.25, 0.3) is 0 Å². The fraction of sp³-hybridized carbons (Fsp3) is 0.600. The molecule has 126 valence electrons. The van der Waals surface area contributed by atoms with Crippen LogP contribution in [0.2, 0.25) is 5.28 Å². The Morgan fingerprint density at radius 3 is 2.65 bits per heavy atom. The van der Waals surface area contributed by atoms with Crippen LogP contribution in [0.1, 0.15) is 37.9 Å². The predicted octanol–water partition coefficient (Wildman–Crippen LogP) is 1.47. The van der Waals surface area contributed by atoms with Crippen LogP contribution in [0.3, 0.4) is 0 Å². The summed E-state index contributed by atoms with van der Waals surface area (Å²) in [6.07, 6.45) is 2.08. The van der Waals surface area contributed by atoms with Gasteiger partial charge in [0.05, 0.1) is 16.9 Å². The monoisotopic (exact) mass is 339 g/mol. The molecule has 0 saturated heterocycles. The van der Waals surface area contributed by atoms with Crippen LogP contribution < -0.4 is 5.73 Å². The summed E-state index contributed by atoms with van der Waals surface area (Å²) in [5, 5.41) is 9.70. The fourth-order valence-electron chi connectivity index (χ4n) is 3.28. The first kappa shape index (κ1) is 17.8. The molecule has 1 aromatic heterocycles. The van der Waals surface area contributed by atoms with E-state index in [1.807, 2.05) is 25.7 Å². The van der Waals surface area contributed by atoms with Crippen LogP contribution in [-0.4, -0.2) is 56.4 Å². The van der Waals surface area contributed by atoms with Crippen LogP contribution in [-0.2, 0) is 4.79 Å². The molecule has 1 unspecified atom stereocenters. The number of rotatable bonds is 6. The highest BCUT2D eigenvalue weighted by Crippen LogP contribution is 2.37. The van der Waals surface area contributed by atoms with E-state index in [1.54, 1.807) is 6.20 Å². The van der Waals surface area contributed by atoms with Gasteiger partial charge in [0, 0.05) is 19.3 Å². The number of halogens is 1. The second-order valence-corrected chi connectivity index (χ2v) is 5.92.